The van der Waals surface area contributed by atoms with Gasteiger partial charge in [0, 0.05) is 12.7 Å². The van der Waals surface area contributed by atoms with E-state index in [1.54, 1.807) is 6.20 Å². The summed E-state index contributed by atoms with van der Waals surface area (Å²) in [4.78, 5) is 7.21. The molecule has 0 aliphatic heterocycles. The van der Waals surface area contributed by atoms with Crippen LogP contribution in [0.4, 0.5) is 0 Å². The second-order valence-electron chi connectivity index (χ2n) is 5.66. The molecule has 0 saturated carbocycles. The molecule has 18 heavy (non-hydrogen) atoms. The van der Waals surface area contributed by atoms with Crippen LogP contribution in [0.2, 0.25) is 5.15 Å². The summed E-state index contributed by atoms with van der Waals surface area (Å²) in [5.41, 5.74) is 2.01. The van der Waals surface area contributed by atoms with Crippen LogP contribution < -0.4 is 0 Å². The molecule has 0 aliphatic rings. The number of nitrogens with one attached hydrogen (secondary N) is 1. The third-order valence-corrected chi connectivity index (χ3v) is 4.39. The van der Waals surface area contributed by atoms with Gasteiger partial charge in [0.2, 0.25) is 0 Å². The van der Waals surface area contributed by atoms with E-state index >= 15 is 0 Å². The topological polar surface area (TPSA) is 33.6 Å². The van der Waals surface area contributed by atoms with E-state index in [1.807, 2.05) is 6.07 Å². The summed E-state index contributed by atoms with van der Waals surface area (Å²) in [6, 6.07) is 1.95. The molecule has 1 N–H and O–H groups in total. The van der Waals surface area contributed by atoms with Gasteiger partial charge in [0.1, 0.15) is 5.52 Å². The molecular formula is C13H18ClN3S. The molecule has 0 aliphatic carbocycles. The van der Waals surface area contributed by atoms with Crippen LogP contribution in [0.5, 0.6) is 0 Å². The van der Waals surface area contributed by atoms with Crippen molar-refractivity contribution in [2.24, 2.45) is 11.3 Å². The summed E-state index contributed by atoms with van der Waals surface area (Å²) >= 11 is 11.5. The van der Waals surface area contributed by atoms with E-state index in [2.05, 4.69) is 42.2 Å². The number of nitrogens with zero attached hydrogens (tertiary/aromatic N) is 2. The zero-order valence-corrected chi connectivity index (χ0v) is 12.7. The maximum absolute atomic E-state index is 6.07. The lowest BCUT2D eigenvalue weighted by Crippen LogP contribution is -2.25. The van der Waals surface area contributed by atoms with Crippen LogP contribution in [0.1, 0.15) is 27.7 Å². The van der Waals surface area contributed by atoms with Crippen molar-refractivity contribution in [3.63, 3.8) is 0 Å². The van der Waals surface area contributed by atoms with Gasteiger partial charge < -0.3 is 9.55 Å². The van der Waals surface area contributed by atoms with Crippen LogP contribution in [0.15, 0.2) is 12.3 Å². The van der Waals surface area contributed by atoms with Crippen molar-refractivity contribution in [2.45, 2.75) is 34.2 Å². The normalized spacial score (nSPS) is 12.6. The highest BCUT2D eigenvalue weighted by Crippen LogP contribution is 2.30. The molecule has 2 aromatic heterocycles. The molecular weight excluding hydrogens is 266 g/mol. The molecule has 0 saturated heterocycles. The second kappa shape index (κ2) is 4.67. The highest BCUT2D eigenvalue weighted by Gasteiger charge is 2.24. The zero-order chi connectivity index (χ0) is 13.5. The second-order valence-corrected chi connectivity index (χ2v) is 6.40. The van der Waals surface area contributed by atoms with Gasteiger partial charge in [-0.05, 0) is 29.6 Å². The van der Waals surface area contributed by atoms with Crippen molar-refractivity contribution in [1.29, 1.82) is 0 Å². The van der Waals surface area contributed by atoms with Gasteiger partial charge in [0.25, 0.3) is 0 Å². The van der Waals surface area contributed by atoms with Crippen molar-refractivity contribution < 1.29 is 0 Å². The zero-order valence-electron chi connectivity index (χ0n) is 11.1. The fourth-order valence-electron chi connectivity index (χ4n) is 1.80. The lowest BCUT2D eigenvalue weighted by atomic mass is 9.81. The fraction of sp³-hybridized carbons (Fsp3) is 0.538. The number of aromatic nitrogens is 3. The Kier molecular flexibility index (Phi) is 3.52. The van der Waals surface area contributed by atoms with E-state index in [4.69, 9.17) is 23.8 Å². The first-order valence-electron chi connectivity index (χ1n) is 6.06. The van der Waals surface area contributed by atoms with E-state index in [0.717, 1.165) is 17.6 Å². The molecule has 0 unspecified atom stereocenters. The fourth-order valence-corrected chi connectivity index (χ4v) is 2.26. The van der Waals surface area contributed by atoms with Crippen LogP contribution in [-0.2, 0) is 6.54 Å². The third-order valence-electron chi connectivity index (χ3n) is 3.78. The number of aromatic amines is 1. The Labute approximate surface area is 117 Å². The van der Waals surface area contributed by atoms with Gasteiger partial charge in [0.15, 0.2) is 9.92 Å². The average molecular weight is 284 g/mol. The number of hydrogen-bond donors (Lipinski definition) is 1. The number of H-pyrrole nitrogens is 1. The minimum atomic E-state index is 0.170. The van der Waals surface area contributed by atoms with E-state index in [9.17, 15) is 0 Å². The number of pyridine rings is 1. The first kappa shape index (κ1) is 13.6. The van der Waals surface area contributed by atoms with Crippen molar-refractivity contribution in [2.75, 3.05) is 0 Å². The van der Waals surface area contributed by atoms with Gasteiger partial charge >= 0.3 is 0 Å². The van der Waals surface area contributed by atoms with Gasteiger partial charge in [-0.1, -0.05) is 39.3 Å². The van der Waals surface area contributed by atoms with Gasteiger partial charge in [-0.2, -0.15) is 0 Å². The Bertz CT molecular complexity index is 625. The molecule has 0 atom stereocenters. The van der Waals surface area contributed by atoms with Gasteiger partial charge in [-0.15, -0.1) is 0 Å². The van der Waals surface area contributed by atoms with Crippen LogP contribution in [0.3, 0.4) is 0 Å². The van der Waals surface area contributed by atoms with Crippen LogP contribution >= 0.6 is 23.8 Å². The summed E-state index contributed by atoms with van der Waals surface area (Å²) in [6.45, 7) is 9.83. The van der Waals surface area contributed by atoms with Crippen LogP contribution in [0.25, 0.3) is 11.0 Å². The molecule has 0 radical (unpaired) electrons. The summed E-state index contributed by atoms with van der Waals surface area (Å²) in [7, 11) is 0. The number of fused-ring (bicyclic) bond motifs is 1. The molecule has 0 bridgehead atoms. The average Bonchev–Trinajstić information content (AvgIpc) is 2.57. The number of halogens is 1. The van der Waals surface area contributed by atoms with Crippen molar-refractivity contribution >= 4 is 34.9 Å². The largest absolute Gasteiger partial charge is 0.328 e. The van der Waals surface area contributed by atoms with E-state index in [0.29, 0.717) is 15.8 Å². The van der Waals surface area contributed by atoms with Gasteiger partial charge in [-0.3, -0.25) is 0 Å². The smallest absolute Gasteiger partial charge is 0.178 e. The molecule has 3 nitrogen and oxygen atoms in total. The number of imidazole rings is 1. The molecule has 0 amide bonds. The summed E-state index contributed by atoms with van der Waals surface area (Å²) in [5.74, 6) is 0.571. The first-order chi connectivity index (χ1) is 8.33. The predicted molar refractivity (Wildman–Crippen MR) is 78.5 cm³/mol. The maximum atomic E-state index is 6.07. The van der Waals surface area contributed by atoms with Gasteiger partial charge in [-0.25, -0.2) is 4.98 Å². The Morgan fingerprint density at radius 1 is 1.50 bits per heavy atom. The lowest BCUT2D eigenvalue weighted by molar-refractivity contribution is 0.212. The summed E-state index contributed by atoms with van der Waals surface area (Å²) in [6.07, 6.45) is 1.71. The van der Waals surface area contributed by atoms with E-state index in [-0.39, 0.29) is 5.41 Å². The Hall–Kier alpha value is -0.870. The SMILES string of the molecule is CC(C)C(C)(C)Cn1c(=S)[nH]c2c(Cl)nccc21. The standard InChI is InChI=1S/C13H18ClN3S/c1-8(2)13(3,4)7-17-9-5-6-15-11(14)10(9)16-12(17)18/h5-6,8H,7H2,1-4H3,(H,16,18). The third kappa shape index (κ3) is 2.31. The molecule has 2 heterocycles. The Morgan fingerprint density at radius 3 is 2.78 bits per heavy atom. The minimum Gasteiger partial charge on any atom is -0.328 e. The van der Waals surface area contributed by atoms with Crippen molar-refractivity contribution in [1.82, 2.24) is 14.5 Å². The minimum absolute atomic E-state index is 0.170. The van der Waals surface area contributed by atoms with Crippen LogP contribution in [-0.4, -0.2) is 14.5 Å². The Morgan fingerprint density at radius 2 is 2.17 bits per heavy atom. The highest BCUT2D eigenvalue weighted by atomic mass is 35.5. The quantitative estimate of drug-likeness (QED) is 0.668. The molecule has 0 aromatic carbocycles. The molecule has 2 aromatic rings. The van der Waals surface area contributed by atoms with E-state index in [1.165, 1.54) is 0 Å². The van der Waals surface area contributed by atoms with Crippen LogP contribution in [0, 0.1) is 16.1 Å². The number of hydrogen-bond acceptors (Lipinski definition) is 2. The summed E-state index contributed by atoms with van der Waals surface area (Å²) < 4.78 is 2.81. The summed E-state index contributed by atoms with van der Waals surface area (Å²) in [5, 5.41) is 0.472. The number of rotatable bonds is 3. The molecule has 5 heteroatoms. The lowest BCUT2D eigenvalue weighted by Gasteiger charge is -2.29. The van der Waals surface area contributed by atoms with Crippen molar-refractivity contribution in [3.05, 3.63) is 22.2 Å². The molecule has 2 rings (SSSR count). The molecule has 98 valence electrons. The highest BCUT2D eigenvalue weighted by molar-refractivity contribution is 7.71. The molecule has 0 fully saturated rings. The van der Waals surface area contributed by atoms with E-state index < -0.39 is 0 Å². The predicted octanol–water partition coefficient (Wildman–Crippen LogP) is 4.43. The monoisotopic (exact) mass is 283 g/mol. The Balaban J connectivity index is 2.56. The van der Waals surface area contributed by atoms with Gasteiger partial charge in [0.05, 0.1) is 5.52 Å². The molecule has 0 spiro atoms. The van der Waals surface area contributed by atoms with Crippen molar-refractivity contribution in [3.8, 4) is 0 Å². The maximum Gasteiger partial charge on any atom is 0.178 e. The first-order valence-corrected chi connectivity index (χ1v) is 6.84.